The minimum absolute atomic E-state index is 0.00574. The lowest BCUT2D eigenvalue weighted by Crippen LogP contribution is -2.38. The van der Waals surface area contributed by atoms with Gasteiger partial charge in [-0.2, -0.15) is 4.68 Å². The second-order valence-corrected chi connectivity index (χ2v) is 9.50. The zero-order valence-electron chi connectivity index (χ0n) is 19.3. The number of hydrogen-bond donors (Lipinski definition) is 2. The summed E-state index contributed by atoms with van der Waals surface area (Å²) >= 11 is 1.55. The Hall–Kier alpha value is -3.24. The van der Waals surface area contributed by atoms with E-state index in [9.17, 15) is 5.11 Å². The van der Waals surface area contributed by atoms with Crippen molar-refractivity contribution < 1.29 is 14.6 Å². The lowest BCUT2D eigenvalue weighted by Gasteiger charge is -2.41. The Morgan fingerprint density at radius 2 is 1.77 bits per heavy atom. The van der Waals surface area contributed by atoms with Crippen LogP contribution in [0.2, 0.25) is 0 Å². The van der Waals surface area contributed by atoms with Gasteiger partial charge >= 0.3 is 0 Å². The van der Waals surface area contributed by atoms with Crippen molar-refractivity contribution in [3.63, 3.8) is 0 Å². The number of rotatable bonds is 7. The average Bonchev–Trinajstić information content (AvgIpc) is 3.37. The van der Waals surface area contributed by atoms with Crippen LogP contribution in [-0.4, -0.2) is 37.2 Å². The molecule has 1 aliphatic heterocycles. The summed E-state index contributed by atoms with van der Waals surface area (Å²) in [6, 6.07) is 25.3. The number of ether oxygens (including phenoxy) is 2. The number of hydrogen-bond acceptors (Lipinski definition) is 8. The number of nitrogens with two attached hydrogens (primary N) is 1. The van der Waals surface area contributed by atoms with Crippen LogP contribution < -0.4 is 5.73 Å². The van der Waals surface area contributed by atoms with Gasteiger partial charge in [-0.15, -0.1) is 5.10 Å². The first-order valence-corrected chi connectivity index (χ1v) is 12.4. The molecule has 3 aromatic carbocycles. The lowest BCUT2D eigenvalue weighted by atomic mass is 9.91. The fourth-order valence-electron chi connectivity index (χ4n) is 4.17. The van der Waals surface area contributed by atoms with Crippen LogP contribution >= 0.6 is 11.8 Å². The fourth-order valence-corrected chi connectivity index (χ4v) is 5.23. The van der Waals surface area contributed by atoms with Gasteiger partial charge in [0.1, 0.15) is 0 Å². The topological polar surface area (TPSA) is 108 Å². The molecule has 180 valence electrons. The molecule has 1 aliphatic rings. The molecule has 0 aliphatic carbocycles. The summed E-state index contributed by atoms with van der Waals surface area (Å²) in [5, 5.41) is 22.4. The highest BCUT2D eigenvalue weighted by Crippen LogP contribution is 2.43. The van der Waals surface area contributed by atoms with E-state index >= 15 is 0 Å². The number of benzene rings is 3. The molecule has 1 fully saturated rings. The number of para-hydroxylation sites is 1. The van der Waals surface area contributed by atoms with Gasteiger partial charge in [-0.3, -0.25) is 0 Å². The molecule has 4 aromatic rings. The quantitative estimate of drug-likeness (QED) is 0.292. The van der Waals surface area contributed by atoms with Crippen molar-refractivity contribution in [2.75, 3.05) is 11.5 Å². The van der Waals surface area contributed by atoms with Crippen LogP contribution in [0.5, 0.6) is 0 Å². The molecule has 8 nitrogen and oxygen atoms in total. The Morgan fingerprint density at radius 1 is 0.971 bits per heavy atom. The van der Waals surface area contributed by atoms with E-state index in [1.807, 2.05) is 78.9 Å². The summed E-state index contributed by atoms with van der Waals surface area (Å²) < 4.78 is 14.7. The van der Waals surface area contributed by atoms with E-state index < -0.39 is 6.29 Å². The molecule has 3 N–H and O–H groups in total. The minimum Gasteiger partial charge on any atom is -0.399 e. The van der Waals surface area contributed by atoms with Gasteiger partial charge in [0.2, 0.25) is 5.16 Å². The monoisotopic (exact) mass is 489 g/mol. The van der Waals surface area contributed by atoms with Gasteiger partial charge in [0, 0.05) is 22.9 Å². The second kappa shape index (κ2) is 10.6. The van der Waals surface area contributed by atoms with E-state index in [0.29, 0.717) is 16.6 Å². The molecule has 35 heavy (non-hydrogen) atoms. The number of tetrazole rings is 1. The Kier molecular flexibility index (Phi) is 7.10. The highest BCUT2D eigenvalue weighted by Gasteiger charge is 2.38. The van der Waals surface area contributed by atoms with Crippen LogP contribution in [0.1, 0.15) is 36.0 Å². The van der Waals surface area contributed by atoms with Crippen LogP contribution in [0.4, 0.5) is 5.69 Å². The second-order valence-electron chi connectivity index (χ2n) is 8.51. The zero-order valence-corrected chi connectivity index (χ0v) is 20.1. The van der Waals surface area contributed by atoms with E-state index in [4.69, 9.17) is 15.2 Å². The standard InChI is InChI=1S/C26H27N5O3S/c1-17-23(16-35-26-28-29-30-31(26)22-8-3-2-4-9-22)33-25(20-6-5-7-21(27)14-20)34-24(17)19-12-10-18(15-32)11-13-19/h2-14,17,23-25,32H,15-16,27H2,1H3/t17-,23+,24+,25+/m0/s1. The number of thioether (sulfide) groups is 1. The van der Waals surface area contributed by atoms with Gasteiger partial charge in [-0.25, -0.2) is 0 Å². The van der Waals surface area contributed by atoms with Crippen molar-refractivity contribution in [2.24, 2.45) is 5.92 Å². The predicted molar refractivity (Wildman–Crippen MR) is 134 cm³/mol. The van der Waals surface area contributed by atoms with Gasteiger partial charge in [0.25, 0.3) is 0 Å². The third-order valence-corrected chi connectivity index (χ3v) is 7.13. The van der Waals surface area contributed by atoms with E-state index in [-0.39, 0.29) is 24.7 Å². The summed E-state index contributed by atoms with van der Waals surface area (Å²) in [5.41, 5.74) is 10.4. The molecule has 1 aromatic heterocycles. The summed E-state index contributed by atoms with van der Waals surface area (Å²) in [4.78, 5) is 0. The molecular weight excluding hydrogens is 462 g/mol. The first-order chi connectivity index (χ1) is 17.1. The molecule has 0 saturated carbocycles. The summed E-state index contributed by atoms with van der Waals surface area (Å²) in [5.74, 6) is 0.697. The number of aliphatic hydroxyl groups is 1. The van der Waals surface area contributed by atoms with Crippen molar-refractivity contribution in [1.82, 2.24) is 20.2 Å². The van der Waals surface area contributed by atoms with Gasteiger partial charge < -0.3 is 20.3 Å². The van der Waals surface area contributed by atoms with E-state index in [2.05, 4.69) is 22.4 Å². The smallest absolute Gasteiger partial charge is 0.214 e. The molecule has 0 unspecified atom stereocenters. The largest absolute Gasteiger partial charge is 0.399 e. The number of nitrogen functional groups attached to an aromatic ring is 1. The molecule has 9 heteroatoms. The molecule has 5 rings (SSSR count). The van der Waals surface area contributed by atoms with Crippen molar-refractivity contribution in [3.05, 3.63) is 95.6 Å². The van der Waals surface area contributed by atoms with Crippen molar-refractivity contribution in [1.29, 1.82) is 0 Å². The Bertz CT molecular complexity index is 1250. The maximum Gasteiger partial charge on any atom is 0.214 e. The van der Waals surface area contributed by atoms with E-state index in [1.54, 1.807) is 16.4 Å². The van der Waals surface area contributed by atoms with Crippen LogP contribution in [0.25, 0.3) is 5.69 Å². The molecule has 4 atom stereocenters. The van der Waals surface area contributed by atoms with Crippen LogP contribution in [0.15, 0.2) is 84.0 Å². The highest BCUT2D eigenvalue weighted by molar-refractivity contribution is 7.99. The Labute approximate surface area is 208 Å². The van der Waals surface area contributed by atoms with Crippen molar-refractivity contribution in [2.45, 2.75) is 37.2 Å². The molecule has 0 spiro atoms. The highest BCUT2D eigenvalue weighted by atomic mass is 32.2. The average molecular weight is 490 g/mol. The number of aromatic nitrogens is 4. The molecule has 0 amide bonds. The van der Waals surface area contributed by atoms with E-state index in [0.717, 1.165) is 22.4 Å². The van der Waals surface area contributed by atoms with Gasteiger partial charge in [-0.1, -0.05) is 73.3 Å². The molecule has 0 radical (unpaired) electrons. The van der Waals surface area contributed by atoms with Crippen molar-refractivity contribution in [3.8, 4) is 5.69 Å². The third-order valence-electron chi connectivity index (χ3n) is 6.12. The van der Waals surface area contributed by atoms with Crippen LogP contribution in [0, 0.1) is 5.92 Å². The molecular formula is C26H27N5O3S. The normalized spacial score (nSPS) is 22.2. The summed E-state index contributed by atoms with van der Waals surface area (Å²) in [6.07, 6.45) is -0.893. The Morgan fingerprint density at radius 3 is 2.51 bits per heavy atom. The fraction of sp³-hybridized carbons (Fsp3) is 0.269. The number of aliphatic hydroxyl groups excluding tert-OH is 1. The molecule has 1 saturated heterocycles. The third kappa shape index (κ3) is 5.23. The Balaban J connectivity index is 1.40. The SMILES string of the molecule is C[C@H]1[C@@H](CSc2nnnn2-c2ccccc2)O[C@@H](c2cccc(N)c2)O[C@H]1c1ccc(CO)cc1. The zero-order chi connectivity index (χ0) is 24.2. The minimum atomic E-state index is -0.562. The first kappa shape index (κ1) is 23.5. The van der Waals surface area contributed by atoms with Gasteiger partial charge in [0.05, 0.1) is 24.5 Å². The van der Waals surface area contributed by atoms with Crippen LogP contribution in [-0.2, 0) is 16.1 Å². The maximum absolute atomic E-state index is 9.43. The van der Waals surface area contributed by atoms with Crippen LogP contribution in [0.3, 0.4) is 0 Å². The molecule has 0 bridgehead atoms. The van der Waals surface area contributed by atoms with Gasteiger partial charge in [-0.05, 0) is 45.8 Å². The van der Waals surface area contributed by atoms with E-state index in [1.165, 1.54) is 0 Å². The van der Waals surface area contributed by atoms with Crippen molar-refractivity contribution >= 4 is 17.4 Å². The summed E-state index contributed by atoms with van der Waals surface area (Å²) in [6.45, 7) is 2.14. The predicted octanol–water partition coefficient (Wildman–Crippen LogP) is 4.32. The summed E-state index contributed by atoms with van der Waals surface area (Å²) in [7, 11) is 0. The maximum atomic E-state index is 9.43. The number of nitrogens with zero attached hydrogens (tertiary/aromatic N) is 4. The number of anilines is 1. The molecule has 2 heterocycles. The van der Waals surface area contributed by atoms with Gasteiger partial charge in [0.15, 0.2) is 6.29 Å². The lowest BCUT2D eigenvalue weighted by molar-refractivity contribution is -0.268. The first-order valence-electron chi connectivity index (χ1n) is 11.4.